The van der Waals surface area contributed by atoms with Crippen LogP contribution in [0.2, 0.25) is 0 Å². The molecule has 7 heteroatoms. The third-order valence-electron chi connectivity index (χ3n) is 5.10. The number of rotatable bonds is 4. The van der Waals surface area contributed by atoms with Crippen molar-refractivity contribution in [3.8, 4) is 0 Å². The van der Waals surface area contributed by atoms with E-state index in [4.69, 9.17) is 0 Å². The first-order chi connectivity index (χ1) is 11.6. The topological polar surface area (TPSA) is 52.9 Å². The van der Waals surface area contributed by atoms with Gasteiger partial charge in [0, 0.05) is 39.3 Å². The molecule has 0 amide bonds. The van der Waals surface area contributed by atoms with Crippen LogP contribution in [0.1, 0.15) is 26.2 Å². The van der Waals surface area contributed by atoms with Gasteiger partial charge in [-0.1, -0.05) is 6.92 Å². The fourth-order valence-electron chi connectivity index (χ4n) is 3.62. The zero-order chi connectivity index (χ0) is 17.1. The van der Waals surface area contributed by atoms with Crippen LogP contribution in [0.15, 0.2) is 12.1 Å². The van der Waals surface area contributed by atoms with Gasteiger partial charge >= 0.3 is 0 Å². The van der Waals surface area contributed by atoms with Crippen molar-refractivity contribution >= 4 is 17.1 Å². The van der Waals surface area contributed by atoms with Crippen LogP contribution in [-0.2, 0) is 0 Å². The fraction of sp³-hybridized carbons (Fsp3) is 0.647. The molecule has 3 rings (SSSR count). The van der Waals surface area contributed by atoms with Crippen LogP contribution in [0, 0.1) is 15.9 Å². The Morgan fingerprint density at radius 1 is 1.00 bits per heavy atom. The Morgan fingerprint density at radius 2 is 1.62 bits per heavy atom. The second-order valence-electron chi connectivity index (χ2n) is 6.52. The maximum Gasteiger partial charge on any atom is 0.295 e. The number of anilines is 2. The average molecular weight is 336 g/mol. The average Bonchev–Trinajstić information content (AvgIpc) is 2.62. The van der Waals surface area contributed by atoms with Crippen LogP contribution in [0.3, 0.4) is 0 Å². The van der Waals surface area contributed by atoms with Gasteiger partial charge in [0.2, 0.25) is 0 Å². The Labute approximate surface area is 142 Å². The molecule has 2 aliphatic heterocycles. The smallest absolute Gasteiger partial charge is 0.295 e. The van der Waals surface area contributed by atoms with Crippen LogP contribution in [-0.4, -0.2) is 55.6 Å². The minimum Gasteiger partial charge on any atom is -0.369 e. The van der Waals surface area contributed by atoms with E-state index in [0.29, 0.717) is 11.4 Å². The number of piperazine rings is 1. The summed E-state index contributed by atoms with van der Waals surface area (Å²) in [4.78, 5) is 17.3. The molecule has 0 atom stereocenters. The Kier molecular flexibility index (Phi) is 5.18. The maximum absolute atomic E-state index is 14.5. The second-order valence-corrected chi connectivity index (χ2v) is 6.52. The summed E-state index contributed by atoms with van der Waals surface area (Å²) in [5, 5.41) is 11.4. The molecule has 24 heavy (non-hydrogen) atoms. The first-order valence-electron chi connectivity index (χ1n) is 8.80. The van der Waals surface area contributed by atoms with E-state index in [2.05, 4.69) is 11.8 Å². The van der Waals surface area contributed by atoms with Crippen molar-refractivity contribution in [2.45, 2.75) is 26.2 Å². The van der Waals surface area contributed by atoms with Crippen LogP contribution in [0.25, 0.3) is 0 Å². The van der Waals surface area contributed by atoms with E-state index < -0.39 is 10.7 Å². The summed E-state index contributed by atoms with van der Waals surface area (Å²) in [6.07, 6.45) is 3.25. The first kappa shape index (κ1) is 17.0. The molecule has 1 aromatic rings. The highest BCUT2D eigenvalue weighted by atomic mass is 19.1. The molecule has 2 saturated heterocycles. The van der Waals surface area contributed by atoms with Crippen molar-refractivity contribution in [1.29, 1.82) is 0 Å². The van der Waals surface area contributed by atoms with E-state index in [0.717, 1.165) is 71.1 Å². The highest BCUT2D eigenvalue weighted by Gasteiger charge is 2.27. The second kappa shape index (κ2) is 7.34. The number of hydrogen-bond donors (Lipinski definition) is 0. The van der Waals surface area contributed by atoms with Gasteiger partial charge in [-0.05, 0) is 31.9 Å². The number of benzene rings is 1. The zero-order valence-electron chi connectivity index (χ0n) is 14.2. The van der Waals surface area contributed by atoms with Gasteiger partial charge in [0.05, 0.1) is 16.7 Å². The van der Waals surface area contributed by atoms with Crippen molar-refractivity contribution in [2.24, 2.45) is 0 Å². The van der Waals surface area contributed by atoms with E-state index in [1.54, 1.807) is 6.07 Å². The Balaban J connectivity index is 1.91. The number of nitrogens with zero attached hydrogens (tertiary/aromatic N) is 4. The summed E-state index contributed by atoms with van der Waals surface area (Å²) < 4.78 is 14.5. The van der Waals surface area contributed by atoms with Gasteiger partial charge in [-0.15, -0.1) is 0 Å². The molecule has 6 nitrogen and oxygen atoms in total. The van der Waals surface area contributed by atoms with E-state index in [1.165, 1.54) is 0 Å². The van der Waals surface area contributed by atoms with Gasteiger partial charge in [-0.2, -0.15) is 0 Å². The summed E-state index contributed by atoms with van der Waals surface area (Å²) >= 11 is 0. The van der Waals surface area contributed by atoms with Crippen molar-refractivity contribution < 1.29 is 9.31 Å². The Bertz CT molecular complexity index is 596. The van der Waals surface area contributed by atoms with Gasteiger partial charge in [0.25, 0.3) is 5.69 Å². The number of hydrogen-bond acceptors (Lipinski definition) is 5. The van der Waals surface area contributed by atoms with E-state index in [9.17, 15) is 14.5 Å². The molecular formula is C17H25FN4O2. The van der Waals surface area contributed by atoms with Crippen molar-refractivity contribution in [2.75, 3.05) is 55.6 Å². The van der Waals surface area contributed by atoms with Gasteiger partial charge < -0.3 is 14.7 Å². The molecule has 0 radical (unpaired) electrons. The molecule has 0 bridgehead atoms. The molecule has 0 saturated carbocycles. The summed E-state index contributed by atoms with van der Waals surface area (Å²) in [5.74, 6) is -0.487. The number of nitro groups is 1. The SMILES string of the molecule is CCN1CCN(c2cc(N3CCCCC3)c(F)cc2[N+](=O)[O-])CC1. The minimum absolute atomic E-state index is 0.127. The first-order valence-corrected chi connectivity index (χ1v) is 8.80. The molecule has 0 unspecified atom stereocenters. The van der Waals surface area contributed by atoms with E-state index in [1.807, 2.05) is 9.80 Å². The molecular weight excluding hydrogens is 311 g/mol. The summed E-state index contributed by atoms with van der Waals surface area (Å²) in [6.45, 7) is 7.96. The summed E-state index contributed by atoms with van der Waals surface area (Å²) in [5.41, 5.74) is 0.934. The normalized spacial score (nSPS) is 19.6. The number of nitro benzene ring substituents is 1. The van der Waals surface area contributed by atoms with E-state index >= 15 is 0 Å². The van der Waals surface area contributed by atoms with Crippen molar-refractivity contribution in [3.63, 3.8) is 0 Å². The lowest BCUT2D eigenvalue weighted by Gasteiger charge is -2.36. The maximum atomic E-state index is 14.5. The lowest BCUT2D eigenvalue weighted by molar-refractivity contribution is -0.384. The highest BCUT2D eigenvalue weighted by Crippen LogP contribution is 2.36. The highest BCUT2D eigenvalue weighted by molar-refractivity contribution is 5.71. The van der Waals surface area contributed by atoms with Crippen molar-refractivity contribution in [3.05, 3.63) is 28.1 Å². The molecule has 2 fully saturated rings. The van der Waals surface area contributed by atoms with Gasteiger partial charge in [0.15, 0.2) is 5.82 Å². The molecule has 1 aromatic carbocycles. The van der Waals surface area contributed by atoms with Gasteiger partial charge in [0.1, 0.15) is 5.69 Å². The molecule has 0 spiro atoms. The van der Waals surface area contributed by atoms with Crippen LogP contribution in [0.5, 0.6) is 0 Å². The number of likely N-dealkylation sites (N-methyl/N-ethyl adjacent to an activating group) is 1. The predicted octanol–water partition coefficient (Wildman–Crippen LogP) is 2.87. The third kappa shape index (κ3) is 3.45. The molecule has 0 aliphatic carbocycles. The fourth-order valence-corrected chi connectivity index (χ4v) is 3.62. The number of halogens is 1. The monoisotopic (exact) mass is 336 g/mol. The van der Waals surface area contributed by atoms with Crippen LogP contribution in [0.4, 0.5) is 21.5 Å². The molecule has 2 aliphatic rings. The molecule has 2 heterocycles. The predicted molar refractivity (Wildman–Crippen MR) is 93.4 cm³/mol. The third-order valence-corrected chi connectivity index (χ3v) is 5.10. The molecule has 0 aromatic heterocycles. The quantitative estimate of drug-likeness (QED) is 0.625. The largest absolute Gasteiger partial charge is 0.369 e. The van der Waals surface area contributed by atoms with Gasteiger partial charge in [-0.3, -0.25) is 10.1 Å². The van der Waals surface area contributed by atoms with Crippen molar-refractivity contribution in [1.82, 2.24) is 4.90 Å². The minimum atomic E-state index is -0.487. The zero-order valence-corrected chi connectivity index (χ0v) is 14.2. The van der Waals surface area contributed by atoms with E-state index in [-0.39, 0.29) is 5.69 Å². The lowest BCUT2D eigenvalue weighted by Crippen LogP contribution is -2.46. The summed E-state index contributed by atoms with van der Waals surface area (Å²) in [7, 11) is 0. The van der Waals surface area contributed by atoms with Gasteiger partial charge in [-0.25, -0.2) is 4.39 Å². The summed E-state index contributed by atoms with van der Waals surface area (Å²) in [6, 6.07) is 2.80. The standard InChI is InChI=1S/C17H25FN4O2/c1-2-19-8-10-21(11-9-19)16-13-15(20-6-4-3-5-7-20)14(18)12-17(16)22(23)24/h12-13H,2-11H2,1H3. The Morgan fingerprint density at radius 3 is 2.21 bits per heavy atom. The van der Waals surface area contributed by atoms with Crippen LogP contribution >= 0.6 is 0 Å². The lowest BCUT2D eigenvalue weighted by atomic mass is 10.1. The number of piperidine rings is 1. The molecule has 0 N–H and O–H groups in total. The van der Waals surface area contributed by atoms with Crippen LogP contribution < -0.4 is 9.80 Å². The Hall–Kier alpha value is -1.89. The molecule has 132 valence electrons.